The zero-order valence-corrected chi connectivity index (χ0v) is 8.75. The standard InChI is InChI=1S/C11H21NO/c1-11(2)6-9(11)10(12)8-4-3-5-13-7-8/h8-10H,3-7,12H2,1-2H3. The third kappa shape index (κ3) is 1.89. The van der Waals surface area contributed by atoms with E-state index in [0.29, 0.717) is 17.4 Å². The van der Waals surface area contributed by atoms with E-state index in [0.717, 1.165) is 19.1 Å². The Morgan fingerprint density at radius 3 is 2.62 bits per heavy atom. The molecule has 2 N–H and O–H groups in total. The van der Waals surface area contributed by atoms with Gasteiger partial charge in [-0.2, -0.15) is 0 Å². The average molecular weight is 183 g/mol. The van der Waals surface area contributed by atoms with E-state index in [1.165, 1.54) is 19.3 Å². The molecule has 1 saturated carbocycles. The van der Waals surface area contributed by atoms with Gasteiger partial charge in [0.2, 0.25) is 0 Å². The number of hydrogen-bond acceptors (Lipinski definition) is 2. The topological polar surface area (TPSA) is 35.2 Å². The molecule has 3 atom stereocenters. The zero-order valence-electron chi connectivity index (χ0n) is 8.75. The van der Waals surface area contributed by atoms with Crippen LogP contribution < -0.4 is 5.73 Å². The highest BCUT2D eigenvalue weighted by Gasteiger charge is 2.50. The van der Waals surface area contributed by atoms with Crippen LogP contribution in [0.15, 0.2) is 0 Å². The van der Waals surface area contributed by atoms with Gasteiger partial charge in [0.15, 0.2) is 0 Å². The summed E-state index contributed by atoms with van der Waals surface area (Å²) in [6, 6.07) is 0.385. The molecule has 2 fully saturated rings. The number of ether oxygens (including phenoxy) is 1. The van der Waals surface area contributed by atoms with Crippen LogP contribution in [0.5, 0.6) is 0 Å². The Balaban J connectivity index is 1.86. The van der Waals surface area contributed by atoms with Gasteiger partial charge in [-0.15, -0.1) is 0 Å². The van der Waals surface area contributed by atoms with E-state index < -0.39 is 0 Å². The van der Waals surface area contributed by atoms with Crippen molar-refractivity contribution in [1.29, 1.82) is 0 Å². The van der Waals surface area contributed by atoms with Gasteiger partial charge in [-0.1, -0.05) is 13.8 Å². The van der Waals surface area contributed by atoms with Crippen molar-refractivity contribution < 1.29 is 4.74 Å². The maximum atomic E-state index is 6.25. The van der Waals surface area contributed by atoms with E-state index in [1.807, 2.05) is 0 Å². The van der Waals surface area contributed by atoms with Crippen LogP contribution in [0.1, 0.15) is 33.1 Å². The van der Waals surface area contributed by atoms with Crippen LogP contribution >= 0.6 is 0 Å². The van der Waals surface area contributed by atoms with Crippen molar-refractivity contribution in [3.8, 4) is 0 Å². The van der Waals surface area contributed by atoms with Gasteiger partial charge in [-0.05, 0) is 36.5 Å². The molecule has 0 radical (unpaired) electrons. The highest BCUT2D eigenvalue weighted by molar-refractivity contribution is 5.02. The van der Waals surface area contributed by atoms with E-state index in [1.54, 1.807) is 0 Å². The third-order valence-corrected chi connectivity index (χ3v) is 3.79. The minimum absolute atomic E-state index is 0.385. The molecule has 3 unspecified atom stereocenters. The summed E-state index contributed by atoms with van der Waals surface area (Å²) in [6.45, 7) is 6.48. The number of hydrogen-bond donors (Lipinski definition) is 1. The van der Waals surface area contributed by atoms with Crippen molar-refractivity contribution in [3.63, 3.8) is 0 Å². The first-order valence-corrected chi connectivity index (χ1v) is 5.44. The molecule has 13 heavy (non-hydrogen) atoms. The summed E-state index contributed by atoms with van der Waals surface area (Å²) in [4.78, 5) is 0. The van der Waals surface area contributed by atoms with E-state index in [-0.39, 0.29) is 0 Å². The Bertz CT molecular complexity index is 185. The van der Waals surface area contributed by atoms with Crippen LogP contribution in [-0.4, -0.2) is 19.3 Å². The maximum absolute atomic E-state index is 6.25. The zero-order chi connectivity index (χ0) is 9.47. The van der Waals surface area contributed by atoms with Crippen molar-refractivity contribution in [2.75, 3.05) is 13.2 Å². The van der Waals surface area contributed by atoms with Crippen LogP contribution in [0.4, 0.5) is 0 Å². The van der Waals surface area contributed by atoms with Gasteiger partial charge in [0.25, 0.3) is 0 Å². The van der Waals surface area contributed by atoms with Crippen LogP contribution in [-0.2, 0) is 4.74 Å². The SMILES string of the molecule is CC1(C)CC1C(N)C1CCCOC1. The quantitative estimate of drug-likeness (QED) is 0.708. The fourth-order valence-electron chi connectivity index (χ4n) is 2.56. The van der Waals surface area contributed by atoms with Gasteiger partial charge in [-0.3, -0.25) is 0 Å². The molecule has 1 saturated heterocycles. The molecule has 1 heterocycles. The smallest absolute Gasteiger partial charge is 0.0509 e. The molecule has 1 aliphatic heterocycles. The first-order chi connectivity index (χ1) is 6.11. The molecule has 2 aliphatic rings. The molecule has 76 valence electrons. The van der Waals surface area contributed by atoms with Gasteiger partial charge < -0.3 is 10.5 Å². The Hall–Kier alpha value is -0.0800. The first kappa shape index (κ1) is 9.47. The highest BCUT2D eigenvalue weighted by Crippen LogP contribution is 2.54. The fourth-order valence-corrected chi connectivity index (χ4v) is 2.56. The van der Waals surface area contributed by atoms with E-state index >= 15 is 0 Å². The molecule has 1 aliphatic carbocycles. The minimum atomic E-state index is 0.385. The molecular formula is C11H21NO. The minimum Gasteiger partial charge on any atom is -0.381 e. The summed E-state index contributed by atoms with van der Waals surface area (Å²) in [6.07, 6.45) is 3.78. The monoisotopic (exact) mass is 183 g/mol. The lowest BCUT2D eigenvalue weighted by Crippen LogP contribution is -2.38. The van der Waals surface area contributed by atoms with E-state index in [9.17, 15) is 0 Å². The maximum Gasteiger partial charge on any atom is 0.0509 e. The molecule has 0 amide bonds. The second-order valence-corrected chi connectivity index (χ2v) is 5.35. The summed E-state index contributed by atoms with van der Waals surface area (Å²) in [5.74, 6) is 1.37. The van der Waals surface area contributed by atoms with Gasteiger partial charge >= 0.3 is 0 Å². The van der Waals surface area contributed by atoms with Gasteiger partial charge in [0, 0.05) is 12.6 Å². The van der Waals surface area contributed by atoms with Crippen molar-refractivity contribution in [1.82, 2.24) is 0 Å². The lowest BCUT2D eigenvalue weighted by atomic mass is 9.89. The normalized spacial score (nSPS) is 39.9. The molecule has 0 bridgehead atoms. The molecule has 2 rings (SSSR count). The summed E-state index contributed by atoms with van der Waals surface area (Å²) in [7, 11) is 0. The fraction of sp³-hybridized carbons (Fsp3) is 1.00. The van der Waals surface area contributed by atoms with Crippen LogP contribution in [0, 0.1) is 17.3 Å². The van der Waals surface area contributed by atoms with Crippen molar-refractivity contribution >= 4 is 0 Å². The third-order valence-electron chi connectivity index (χ3n) is 3.79. The summed E-state index contributed by atoms with van der Waals surface area (Å²) >= 11 is 0. The Kier molecular flexibility index (Phi) is 2.37. The Morgan fingerprint density at radius 2 is 2.15 bits per heavy atom. The van der Waals surface area contributed by atoms with E-state index in [2.05, 4.69) is 13.8 Å². The molecular weight excluding hydrogens is 162 g/mol. The molecule has 2 heteroatoms. The predicted molar refractivity (Wildman–Crippen MR) is 53.4 cm³/mol. The van der Waals surface area contributed by atoms with Crippen LogP contribution in [0.25, 0.3) is 0 Å². The molecule has 0 spiro atoms. The lowest BCUT2D eigenvalue weighted by molar-refractivity contribution is 0.0403. The largest absolute Gasteiger partial charge is 0.381 e. The second kappa shape index (κ2) is 3.25. The predicted octanol–water partition coefficient (Wildman–Crippen LogP) is 1.79. The first-order valence-electron chi connectivity index (χ1n) is 5.44. The van der Waals surface area contributed by atoms with Crippen LogP contribution in [0.3, 0.4) is 0 Å². The van der Waals surface area contributed by atoms with Crippen molar-refractivity contribution in [2.24, 2.45) is 23.0 Å². The summed E-state index contributed by atoms with van der Waals surface area (Å²) < 4.78 is 5.47. The molecule has 0 aromatic rings. The number of nitrogens with two attached hydrogens (primary N) is 1. The van der Waals surface area contributed by atoms with Crippen LogP contribution in [0.2, 0.25) is 0 Å². The van der Waals surface area contributed by atoms with Gasteiger partial charge in [0.1, 0.15) is 0 Å². The Morgan fingerprint density at radius 1 is 1.46 bits per heavy atom. The summed E-state index contributed by atoms with van der Waals surface area (Å²) in [5.41, 5.74) is 6.76. The molecule has 0 aromatic carbocycles. The number of rotatable bonds is 2. The van der Waals surface area contributed by atoms with Crippen molar-refractivity contribution in [3.05, 3.63) is 0 Å². The summed E-state index contributed by atoms with van der Waals surface area (Å²) in [5, 5.41) is 0. The molecule has 2 nitrogen and oxygen atoms in total. The second-order valence-electron chi connectivity index (χ2n) is 5.35. The van der Waals surface area contributed by atoms with Crippen molar-refractivity contribution in [2.45, 2.75) is 39.2 Å². The highest BCUT2D eigenvalue weighted by atomic mass is 16.5. The Labute approximate surface area is 80.8 Å². The van der Waals surface area contributed by atoms with Gasteiger partial charge in [0.05, 0.1) is 6.61 Å². The molecule has 0 aromatic heterocycles. The van der Waals surface area contributed by atoms with Gasteiger partial charge in [-0.25, -0.2) is 0 Å². The average Bonchev–Trinajstić information content (AvgIpc) is 2.76. The lowest BCUT2D eigenvalue weighted by Gasteiger charge is -2.28. The van der Waals surface area contributed by atoms with E-state index in [4.69, 9.17) is 10.5 Å².